The van der Waals surface area contributed by atoms with Gasteiger partial charge in [0, 0.05) is 162 Å². The molecule has 9 aromatic carbocycles. The van der Waals surface area contributed by atoms with Gasteiger partial charge in [0.15, 0.2) is 27.9 Å². The number of benzene rings is 9. The quantitative estimate of drug-likeness (QED) is 0.148. The first-order chi connectivity index (χ1) is 62.8. The lowest BCUT2D eigenvalue weighted by Gasteiger charge is -2.31. The third-order valence-corrected chi connectivity index (χ3v) is 24.7. The molecule has 124 heavy (non-hydrogen) atoms. The predicted octanol–water partition coefficient (Wildman–Crippen LogP) is 25.6. The molecule has 20 nitrogen and oxygen atoms in total. The molecule has 10 aromatic heterocycles. The van der Waals surface area contributed by atoms with Crippen molar-refractivity contribution in [2.24, 2.45) is 0 Å². The van der Waals surface area contributed by atoms with Crippen molar-refractivity contribution in [2.75, 3.05) is 60.2 Å². The van der Waals surface area contributed by atoms with Crippen molar-refractivity contribution in [3.05, 3.63) is 326 Å². The smallest absolute Gasteiger partial charge is 0.227 e. The Balaban J connectivity index is 0.000000102. The molecule has 0 saturated carbocycles. The molecule has 0 aliphatic carbocycles. The van der Waals surface area contributed by atoms with Crippen LogP contribution in [-0.2, 0) is 0 Å². The van der Waals surface area contributed by atoms with Gasteiger partial charge in [-0.15, -0.1) is 0 Å². The Labute approximate surface area is 727 Å². The molecule has 0 bridgehead atoms. The number of pyridine rings is 5. The predicted molar refractivity (Wildman–Crippen MR) is 507 cm³/mol. The highest BCUT2D eigenvalue weighted by molar-refractivity contribution is 6.14. The van der Waals surface area contributed by atoms with Crippen LogP contribution in [0, 0.1) is 41.5 Å². The number of aromatic nitrogens is 5. The molecule has 616 valence electrons. The number of hydrogen-bond donors (Lipinski definition) is 0. The molecular formula is C104H95N15O5. The number of aryl methyl sites for hydroxylation is 6. The lowest BCUT2D eigenvalue weighted by Crippen LogP contribution is -2.36. The van der Waals surface area contributed by atoms with E-state index in [0.717, 1.165) is 133 Å². The van der Waals surface area contributed by atoms with Gasteiger partial charge in [0.2, 0.25) is 28.6 Å². The summed E-state index contributed by atoms with van der Waals surface area (Å²) in [4.78, 5) is 42.6. The molecule has 0 N–H and O–H groups in total. The van der Waals surface area contributed by atoms with Crippen molar-refractivity contribution in [1.82, 2.24) is 34.7 Å². The van der Waals surface area contributed by atoms with E-state index in [1.807, 2.05) is 137 Å². The number of hydrogen-bond acceptors (Lipinski definition) is 20. The summed E-state index contributed by atoms with van der Waals surface area (Å²) in [6.07, 6.45) is 18.6. The van der Waals surface area contributed by atoms with Gasteiger partial charge in [-0.1, -0.05) is 121 Å². The second kappa shape index (κ2) is 31.2. The molecule has 5 aliphatic rings. The van der Waals surface area contributed by atoms with Crippen LogP contribution in [0.25, 0.3) is 110 Å². The first-order valence-corrected chi connectivity index (χ1v) is 41.8. The van der Waals surface area contributed by atoms with Crippen LogP contribution in [0.15, 0.2) is 315 Å². The van der Waals surface area contributed by atoms with E-state index in [1.54, 1.807) is 37.2 Å². The Morgan fingerprint density at radius 3 is 1.02 bits per heavy atom. The minimum absolute atomic E-state index is 0.0928. The molecule has 15 heterocycles. The molecule has 20 heteroatoms. The average Bonchev–Trinajstić information content (AvgIpc) is 1.57. The van der Waals surface area contributed by atoms with Crippen molar-refractivity contribution in [2.45, 2.75) is 107 Å². The SMILES string of the molecule is Cc1ccc2c(n1)oc1c(N3C=CN(C)C3C)c(C)ccc12.Cc1ccc2c(oc3ncccc32)c1N1C=CN(c2ccccc2)C1C.Cc1ccc2c(oc3ncccc32)c1N1c2ccccc2N(c2ccccc2)C1C.[2H]C([2H])([2H])N1C=CN(c2c(C)ccc3c2oc2ncccc23)C1C.[2H]C([2H])([2H])N1c2ccccc2N(c2c(C)ccc3c2oc2ncccc23)C1C. The molecule has 0 fully saturated rings. The van der Waals surface area contributed by atoms with Crippen LogP contribution in [0.1, 0.15) is 76.4 Å². The molecular weight excluding hydrogens is 1540 g/mol. The maximum atomic E-state index is 8.05. The first kappa shape index (κ1) is 70.8. The van der Waals surface area contributed by atoms with E-state index in [1.165, 1.54) is 49.2 Å². The second-order valence-corrected chi connectivity index (χ2v) is 32.2. The van der Waals surface area contributed by atoms with E-state index in [-0.39, 0.29) is 24.7 Å². The summed E-state index contributed by atoms with van der Waals surface area (Å²) >= 11 is 0. The largest absolute Gasteiger partial charge is 0.435 e. The molecule has 5 aliphatic heterocycles. The second-order valence-electron chi connectivity index (χ2n) is 32.2. The summed E-state index contributed by atoms with van der Waals surface area (Å²) in [5.41, 5.74) is 25.3. The maximum absolute atomic E-state index is 8.05. The van der Waals surface area contributed by atoms with Crippen LogP contribution in [0.5, 0.6) is 0 Å². The number of para-hydroxylation sites is 6. The van der Waals surface area contributed by atoms with Crippen LogP contribution < -0.4 is 39.2 Å². The van der Waals surface area contributed by atoms with Gasteiger partial charge in [-0.05, 0) is 213 Å². The Kier molecular flexibility index (Phi) is 17.8. The summed E-state index contributed by atoms with van der Waals surface area (Å²) in [5, 5.41) is 10.4. The monoisotopic (exact) mass is 1640 g/mol. The van der Waals surface area contributed by atoms with Gasteiger partial charge in [0.05, 0.1) is 51.2 Å². The molecule has 0 saturated heterocycles. The van der Waals surface area contributed by atoms with E-state index in [4.69, 9.17) is 30.3 Å². The minimum atomic E-state index is -2.25. The zero-order valence-corrected chi connectivity index (χ0v) is 70.8. The van der Waals surface area contributed by atoms with Crippen LogP contribution in [-0.4, -0.2) is 86.5 Å². The summed E-state index contributed by atoms with van der Waals surface area (Å²) in [7, 11) is 2.08. The molecule has 24 rings (SSSR count). The van der Waals surface area contributed by atoms with E-state index in [9.17, 15) is 0 Å². The van der Waals surface area contributed by atoms with Crippen LogP contribution >= 0.6 is 0 Å². The van der Waals surface area contributed by atoms with Gasteiger partial charge >= 0.3 is 0 Å². The summed E-state index contributed by atoms with van der Waals surface area (Å²) in [6.45, 7) is 18.4. The van der Waals surface area contributed by atoms with E-state index >= 15 is 0 Å². The standard InChI is InChI=1S/C26H21N3O.C22H19N3O.C21H19N3O.C18H19N3O.C17H17N3O/c1-17-14-15-20-21-11-8-16-27-26(21)30-25(20)24(17)29-18(2)28(19-9-4-3-5-10-19)22-12-6-7-13-23(22)29;1-15-10-11-18-19-9-6-12-23-22(19)26-21(18)20(15)25-14-13-24(16(25)2)17-7-4-3-5-8-17;1-13-10-11-15-16-7-6-12-22-21(16)25-20(15)19(13)24-14(2)23(3)17-8-4-5-9-18(17)24;1-11-5-7-14-15-8-6-12(2)19-18(15)22-17(14)16(11)21-10-9-20(4)13(21)3;1-11-6-7-13-14-5-4-8-18-17(14)21-16(13)15(11)20-10-9-19(3)12(20)2/h3-16,18H,1-2H3;3-14,16H,1-2H3;4-12,14H,1-3H3;5-10,13H,1-4H3;4-10,12H,1-3H3/i;;3D3;;3D3. The molecule has 5 atom stereocenters. The molecule has 0 amide bonds. The molecule has 5 unspecified atom stereocenters. The topological polar surface area (TPSA) is 163 Å². The van der Waals surface area contributed by atoms with Crippen LogP contribution in [0.3, 0.4) is 0 Å². The summed E-state index contributed by atoms with van der Waals surface area (Å²) < 4.78 is 77.9. The number of nitrogens with zero attached hydrogens (tertiary/aromatic N) is 15. The maximum Gasteiger partial charge on any atom is 0.227 e. The Bertz CT molecular complexity index is 7690. The summed E-state index contributed by atoms with van der Waals surface area (Å²) in [5.74, 6) is 0. The van der Waals surface area contributed by atoms with Crippen molar-refractivity contribution >= 4 is 173 Å². The fourth-order valence-electron chi connectivity index (χ4n) is 18.2. The van der Waals surface area contributed by atoms with Gasteiger partial charge in [-0.3, -0.25) is 0 Å². The highest BCUT2D eigenvalue weighted by Crippen LogP contribution is 2.53. The molecule has 0 spiro atoms. The Hall–Kier alpha value is -15.1. The van der Waals surface area contributed by atoms with Crippen molar-refractivity contribution in [1.29, 1.82) is 0 Å². The fourth-order valence-corrected chi connectivity index (χ4v) is 18.2. The third kappa shape index (κ3) is 13.0. The fraction of sp³-hybridized carbons (Fsp3) is 0.183. The average molecular weight is 1640 g/mol. The van der Waals surface area contributed by atoms with Crippen molar-refractivity contribution in [3.8, 4) is 0 Å². The number of fused-ring (bicyclic) bond motifs is 17. The lowest BCUT2D eigenvalue weighted by atomic mass is 10.1. The highest BCUT2D eigenvalue weighted by atomic mass is 16.4. The molecule has 0 radical (unpaired) electrons. The normalized spacial score (nSPS) is 18.0. The zero-order chi connectivity index (χ0) is 90.0. The van der Waals surface area contributed by atoms with E-state index < -0.39 is 20.1 Å². The van der Waals surface area contributed by atoms with Crippen molar-refractivity contribution in [3.63, 3.8) is 0 Å². The van der Waals surface area contributed by atoms with Gasteiger partial charge in [0.1, 0.15) is 30.8 Å². The summed E-state index contributed by atoms with van der Waals surface area (Å²) in [6, 6.07) is 78.1. The van der Waals surface area contributed by atoms with Crippen LogP contribution in [0.4, 0.5) is 62.6 Å². The highest BCUT2D eigenvalue weighted by Gasteiger charge is 2.39. The van der Waals surface area contributed by atoms with Crippen LogP contribution in [0.2, 0.25) is 0 Å². The number of furan rings is 5. The van der Waals surface area contributed by atoms with Crippen molar-refractivity contribution < 1.29 is 30.3 Å². The first-order valence-electron chi connectivity index (χ1n) is 44.8. The van der Waals surface area contributed by atoms with E-state index in [2.05, 4.69) is 266 Å². The zero-order valence-electron chi connectivity index (χ0n) is 76.8. The minimum Gasteiger partial charge on any atom is -0.435 e. The molecule has 19 aromatic rings. The lowest BCUT2D eigenvalue weighted by molar-refractivity contribution is 0.383. The van der Waals surface area contributed by atoms with Gasteiger partial charge < -0.3 is 71.1 Å². The number of anilines is 11. The third-order valence-electron chi connectivity index (χ3n) is 24.7. The Morgan fingerprint density at radius 2 is 0.597 bits per heavy atom. The van der Waals surface area contributed by atoms with E-state index in [0.29, 0.717) is 34.3 Å². The Morgan fingerprint density at radius 1 is 0.266 bits per heavy atom. The van der Waals surface area contributed by atoms with Gasteiger partial charge in [-0.2, -0.15) is 0 Å². The van der Waals surface area contributed by atoms with Gasteiger partial charge in [0.25, 0.3) is 0 Å². The van der Waals surface area contributed by atoms with Gasteiger partial charge in [-0.25, -0.2) is 24.9 Å². The number of rotatable bonds is 7.